The lowest BCUT2D eigenvalue weighted by molar-refractivity contribution is 0.211. The van der Waals surface area contributed by atoms with E-state index in [2.05, 4.69) is 4.98 Å². The van der Waals surface area contributed by atoms with Crippen molar-refractivity contribution in [2.24, 2.45) is 5.73 Å². The second-order valence-electron chi connectivity index (χ2n) is 3.97. The SMILES string of the molecule is CC(N)(CO)c1c[nH]c2cc(Cl)ccc12. The van der Waals surface area contributed by atoms with E-state index in [1.807, 2.05) is 24.4 Å². The largest absolute Gasteiger partial charge is 0.394 e. The molecular weight excluding hydrogens is 212 g/mol. The molecule has 0 bridgehead atoms. The summed E-state index contributed by atoms with van der Waals surface area (Å²) in [6.07, 6.45) is 1.82. The molecule has 0 amide bonds. The van der Waals surface area contributed by atoms with Gasteiger partial charge in [0.15, 0.2) is 0 Å². The van der Waals surface area contributed by atoms with E-state index in [0.29, 0.717) is 5.02 Å². The van der Waals surface area contributed by atoms with E-state index in [4.69, 9.17) is 17.3 Å². The molecular formula is C11H13ClN2O. The van der Waals surface area contributed by atoms with Crippen molar-refractivity contribution in [1.82, 2.24) is 4.98 Å². The van der Waals surface area contributed by atoms with Crippen molar-refractivity contribution in [3.8, 4) is 0 Å². The van der Waals surface area contributed by atoms with E-state index in [1.54, 1.807) is 6.92 Å². The van der Waals surface area contributed by atoms with Gasteiger partial charge in [0.1, 0.15) is 0 Å². The maximum atomic E-state index is 9.21. The molecule has 0 spiro atoms. The molecule has 2 aromatic rings. The number of fused-ring (bicyclic) bond motifs is 1. The summed E-state index contributed by atoms with van der Waals surface area (Å²) in [5, 5.41) is 10.9. The lowest BCUT2D eigenvalue weighted by Crippen LogP contribution is -2.36. The van der Waals surface area contributed by atoms with E-state index in [-0.39, 0.29) is 6.61 Å². The Morgan fingerprint density at radius 2 is 2.27 bits per heavy atom. The maximum absolute atomic E-state index is 9.21. The zero-order chi connectivity index (χ0) is 11.1. The van der Waals surface area contributed by atoms with Gasteiger partial charge in [-0.25, -0.2) is 0 Å². The lowest BCUT2D eigenvalue weighted by Gasteiger charge is -2.21. The van der Waals surface area contributed by atoms with Crippen molar-refractivity contribution in [3.63, 3.8) is 0 Å². The van der Waals surface area contributed by atoms with Gasteiger partial charge in [-0.05, 0) is 24.6 Å². The average Bonchev–Trinajstić information content (AvgIpc) is 2.61. The number of aromatic amines is 1. The molecule has 0 saturated heterocycles. The number of hydrogen-bond acceptors (Lipinski definition) is 2. The Morgan fingerprint density at radius 3 is 2.93 bits per heavy atom. The topological polar surface area (TPSA) is 62.0 Å². The van der Waals surface area contributed by atoms with Crippen LogP contribution in [0.1, 0.15) is 12.5 Å². The van der Waals surface area contributed by atoms with Gasteiger partial charge in [0, 0.05) is 22.1 Å². The van der Waals surface area contributed by atoms with Crippen LogP contribution in [0.25, 0.3) is 10.9 Å². The third-order valence-electron chi connectivity index (χ3n) is 2.59. The molecule has 1 aromatic carbocycles. The van der Waals surface area contributed by atoms with Crippen LogP contribution < -0.4 is 5.73 Å². The van der Waals surface area contributed by atoms with Crippen LogP contribution in [0, 0.1) is 0 Å². The van der Waals surface area contributed by atoms with Crippen molar-refractivity contribution >= 4 is 22.5 Å². The molecule has 1 heterocycles. The maximum Gasteiger partial charge on any atom is 0.0651 e. The standard InChI is InChI=1S/C11H13ClN2O/c1-11(13,6-15)9-5-14-10-4-7(12)2-3-8(9)10/h2-5,14-15H,6,13H2,1H3. The first-order chi connectivity index (χ1) is 7.04. The van der Waals surface area contributed by atoms with Gasteiger partial charge in [0.2, 0.25) is 0 Å². The zero-order valence-corrected chi connectivity index (χ0v) is 9.17. The fourth-order valence-electron chi connectivity index (χ4n) is 1.66. The summed E-state index contributed by atoms with van der Waals surface area (Å²) in [5.74, 6) is 0. The second-order valence-corrected chi connectivity index (χ2v) is 4.40. The number of aliphatic hydroxyl groups excluding tert-OH is 1. The van der Waals surface area contributed by atoms with Crippen molar-refractivity contribution in [3.05, 3.63) is 35.0 Å². The monoisotopic (exact) mass is 224 g/mol. The van der Waals surface area contributed by atoms with Gasteiger partial charge in [-0.15, -0.1) is 0 Å². The van der Waals surface area contributed by atoms with Crippen LogP contribution in [0.2, 0.25) is 5.02 Å². The summed E-state index contributed by atoms with van der Waals surface area (Å²) < 4.78 is 0. The molecule has 0 fully saturated rings. The molecule has 0 aliphatic carbocycles. The molecule has 1 aromatic heterocycles. The van der Waals surface area contributed by atoms with Crippen LogP contribution in [0.15, 0.2) is 24.4 Å². The fourth-order valence-corrected chi connectivity index (χ4v) is 1.83. The van der Waals surface area contributed by atoms with Gasteiger partial charge in [0.25, 0.3) is 0 Å². The molecule has 80 valence electrons. The first-order valence-electron chi connectivity index (χ1n) is 4.71. The normalized spacial score (nSPS) is 15.5. The predicted octanol–water partition coefficient (Wildman–Crippen LogP) is 1.99. The van der Waals surface area contributed by atoms with E-state index in [9.17, 15) is 5.11 Å². The smallest absolute Gasteiger partial charge is 0.0651 e. The Hall–Kier alpha value is -1.03. The third kappa shape index (κ3) is 1.74. The highest BCUT2D eigenvalue weighted by atomic mass is 35.5. The van der Waals surface area contributed by atoms with Crippen LogP contribution in [0.3, 0.4) is 0 Å². The van der Waals surface area contributed by atoms with Gasteiger partial charge in [-0.3, -0.25) is 0 Å². The molecule has 2 rings (SSSR count). The Morgan fingerprint density at radius 1 is 1.53 bits per heavy atom. The van der Waals surface area contributed by atoms with Crippen LogP contribution in [0.4, 0.5) is 0 Å². The highest BCUT2D eigenvalue weighted by Crippen LogP contribution is 2.28. The summed E-state index contributed by atoms with van der Waals surface area (Å²) in [6, 6.07) is 5.56. The van der Waals surface area contributed by atoms with Gasteiger partial charge in [-0.2, -0.15) is 0 Å². The number of hydrogen-bond donors (Lipinski definition) is 3. The molecule has 0 radical (unpaired) electrons. The molecule has 0 saturated carbocycles. The molecule has 15 heavy (non-hydrogen) atoms. The number of nitrogens with two attached hydrogens (primary N) is 1. The number of rotatable bonds is 2. The molecule has 0 aliphatic rings. The van der Waals surface area contributed by atoms with E-state index in [0.717, 1.165) is 16.5 Å². The molecule has 4 N–H and O–H groups in total. The van der Waals surface area contributed by atoms with Crippen molar-refractivity contribution in [1.29, 1.82) is 0 Å². The third-order valence-corrected chi connectivity index (χ3v) is 2.82. The number of benzene rings is 1. The predicted molar refractivity (Wildman–Crippen MR) is 61.9 cm³/mol. The van der Waals surface area contributed by atoms with Gasteiger partial charge >= 0.3 is 0 Å². The van der Waals surface area contributed by atoms with Gasteiger partial charge in [-0.1, -0.05) is 17.7 Å². The highest BCUT2D eigenvalue weighted by Gasteiger charge is 2.23. The number of aromatic nitrogens is 1. The summed E-state index contributed by atoms with van der Waals surface area (Å²) in [4.78, 5) is 3.09. The number of H-pyrrole nitrogens is 1. The summed E-state index contributed by atoms with van der Waals surface area (Å²) >= 11 is 5.88. The first kappa shape index (κ1) is 10.5. The molecule has 1 atom stereocenters. The van der Waals surface area contributed by atoms with Gasteiger partial charge < -0.3 is 15.8 Å². The van der Waals surface area contributed by atoms with Crippen molar-refractivity contribution in [2.45, 2.75) is 12.5 Å². The highest BCUT2D eigenvalue weighted by molar-refractivity contribution is 6.31. The Balaban J connectivity index is 2.64. The van der Waals surface area contributed by atoms with Crippen LogP contribution >= 0.6 is 11.6 Å². The Kier molecular flexibility index (Phi) is 2.46. The van der Waals surface area contributed by atoms with E-state index < -0.39 is 5.54 Å². The second kappa shape index (κ2) is 3.52. The number of aliphatic hydroxyl groups is 1. The minimum Gasteiger partial charge on any atom is -0.394 e. The zero-order valence-electron chi connectivity index (χ0n) is 8.42. The average molecular weight is 225 g/mol. The van der Waals surface area contributed by atoms with E-state index >= 15 is 0 Å². The molecule has 0 aliphatic heterocycles. The summed E-state index contributed by atoms with van der Waals surface area (Å²) in [6.45, 7) is 1.70. The molecule has 3 nitrogen and oxygen atoms in total. The quantitative estimate of drug-likeness (QED) is 0.731. The Bertz CT molecular complexity index is 490. The van der Waals surface area contributed by atoms with Crippen molar-refractivity contribution in [2.75, 3.05) is 6.61 Å². The summed E-state index contributed by atoms with van der Waals surface area (Å²) in [5.41, 5.74) is 7.09. The fraction of sp³-hybridized carbons (Fsp3) is 0.273. The molecule has 4 heteroatoms. The summed E-state index contributed by atoms with van der Waals surface area (Å²) in [7, 11) is 0. The Labute approximate surface area is 92.9 Å². The van der Waals surface area contributed by atoms with Crippen LogP contribution in [-0.4, -0.2) is 16.7 Å². The molecule has 1 unspecified atom stereocenters. The van der Waals surface area contributed by atoms with E-state index in [1.165, 1.54) is 0 Å². The van der Waals surface area contributed by atoms with Crippen LogP contribution in [0.5, 0.6) is 0 Å². The minimum atomic E-state index is -0.730. The number of halogens is 1. The minimum absolute atomic E-state index is 0.0947. The van der Waals surface area contributed by atoms with Gasteiger partial charge in [0.05, 0.1) is 12.1 Å². The first-order valence-corrected chi connectivity index (χ1v) is 5.09. The lowest BCUT2D eigenvalue weighted by atomic mass is 9.94. The number of nitrogens with one attached hydrogen (secondary N) is 1. The van der Waals surface area contributed by atoms with Crippen molar-refractivity contribution < 1.29 is 5.11 Å². The van der Waals surface area contributed by atoms with Crippen LogP contribution in [-0.2, 0) is 5.54 Å².